The molecule has 1 heterocycles. The van der Waals surface area contributed by atoms with Gasteiger partial charge in [0.1, 0.15) is 12.9 Å². The van der Waals surface area contributed by atoms with Gasteiger partial charge in [0.25, 0.3) is 0 Å². The fraction of sp³-hybridized carbons (Fsp3) is 0.625. The highest BCUT2D eigenvalue weighted by Gasteiger charge is 2.05. The minimum absolute atomic E-state index is 0. The van der Waals surface area contributed by atoms with Gasteiger partial charge in [0.2, 0.25) is 0 Å². The second-order valence-corrected chi connectivity index (χ2v) is 3.77. The van der Waals surface area contributed by atoms with Gasteiger partial charge in [-0.05, 0) is 0 Å². The minimum atomic E-state index is 0. The van der Waals surface area contributed by atoms with Gasteiger partial charge in [-0.1, -0.05) is 0 Å². The first kappa shape index (κ1) is 12.3. The number of hydrogen-bond donors (Lipinski definition) is 0. The van der Waals surface area contributed by atoms with Crippen LogP contribution in [0.15, 0.2) is 18.7 Å². The predicted molar refractivity (Wildman–Crippen MR) is 46.6 cm³/mol. The van der Waals surface area contributed by atoms with Crippen molar-refractivity contribution in [1.82, 2.24) is 9.71 Å². The van der Waals surface area contributed by atoms with Crippen molar-refractivity contribution < 1.29 is 21.7 Å². The summed E-state index contributed by atoms with van der Waals surface area (Å²) in [6, 6.07) is 0. The van der Waals surface area contributed by atoms with Gasteiger partial charge < -0.3 is 21.7 Å². The minimum Gasteiger partial charge on any atom is -1.00 e. The molecule has 0 unspecified atom stereocenters. The molecule has 1 rings (SSSR count). The number of rotatable bonds is 4. The molecule has 0 amide bonds. The van der Waals surface area contributed by atoms with E-state index in [1.54, 1.807) is 23.5 Å². The Bertz CT molecular complexity index is 218. The standard InChI is InChI=1S/C8H16N3O.ClH/c1-11(2,3)6-7-12-10-5-4-9-8-10;/h4-5,8H,6-7H2,1-3H3;1H/q+1;/p-1. The van der Waals surface area contributed by atoms with Gasteiger partial charge in [-0.2, -0.15) is 4.73 Å². The zero-order valence-electron chi connectivity index (χ0n) is 8.27. The van der Waals surface area contributed by atoms with E-state index in [4.69, 9.17) is 4.84 Å². The average Bonchev–Trinajstić information content (AvgIpc) is 2.36. The normalized spacial score (nSPS) is 10.7. The van der Waals surface area contributed by atoms with Crippen molar-refractivity contribution >= 4 is 0 Å². The first-order chi connectivity index (χ1) is 5.58. The first-order valence-electron chi connectivity index (χ1n) is 4.00. The van der Waals surface area contributed by atoms with Gasteiger partial charge in [0.15, 0.2) is 6.61 Å². The van der Waals surface area contributed by atoms with E-state index in [1.165, 1.54) is 0 Å². The van der Waals surface area contributed by atoms with Crippen molar-refractivity contribution in [2.75, 3.05) is 34.3 Å². The molecule has 76 valence electrons. The highest BCUT2D eigenvalue weighted by Crippen LogP contribution is 1.88. The van der Waals surface area contributed by atoms with Crippen LogP contribution in [0.2, 0.25) is 0 Å². The van der Waals surface area contributed by atoms with Gasteiger partial charge in [-0.3, -0.25) is 0 Å². The lowest BCUT2D eigenvalue weighted by molar-refractivity contribution is -0.870. The molecule has 0 bridgehead atoms. The van der Waals surface area contributed by atoms with E-state index in [0.29, 0.717) is 6.61 Å². The molecule has 13 heavy (non-hydrogen) atoms. The van der Waals surface area contributed by atoms with E-state index in [1.807, 2.05) is 0 Å². The summed E-state index contributed by atoms with van der Waals surface area (Å²) in [4.78, 5) is 9.23. The lowest BCUT2D eigenvalue weighted by atomic mass is 10.5. The Morgan fingerprint density at radius 1 is 1.38 bits per heavy atom. The number of nitrogens with zero attached hydrogens (tertiary/aromatic N) is 3. The van der Waals surface area contributed by atoms with E-state index in [-0.39, 0.29) is 12.4 Å². The predicted octanol–water partition coefficient (Wildman–Crippen LogP) is -2.98. The summed E-state index contributed by atoms with van der Waals surface area (Å²) in [7, 11) is 6.41. The molecule has 5 heteroatoms. The van der Waals surface area contributed by atoms with E-state index in [2.05, 4.69) is 26.1 Å². The molecule has 0 atom stereocenters. The van der Waals surface area contributed by atoms with Gasteiger partial charge in [0, 0.05) is 6.20 Å². The molecular formula is C8H16ClN3O. The van der Waals surface area contributed by atoms with Crippen LogP contribution in [0.1, 0.15) is 0 Å². The van der Waals surface area contributed by atoms with Gasteiger partial charge in [-0.25, -0.2) is 4.98 Å². The molecule has 0 aliphatic carbocycles. The third-order valence-corrected chi connectivity index (χ3v) is 1.48. The fourth-order valence-corrected chi connectivity index (χ4v) is 0.743. The molecule has 0 radical (unpaired) electrons. The molecule has 0 saturated carbocycles. The number of imidazole rings is 1. The van der Waals surface area contributed by atoms with Crippen molar-refractivity contribution in [3.8, 4) is 0 Å². The summed E-state index contributed by atoms with van der Waals surface area (Å²) < 4.78 is 2.53. The molecule has 0 aliphatic rings. The SMILES string of the molecule is C[N+](C)(C)CCOn1ccnc1.[Cl-]. The Morgan fingerprint density at radius 3 is 2.54 bits per heavy atom. The number of hydrogen-bond acceptors (Lipinski definition) is 2. The van der Waals surface area contributed by atoms with Crippen LogP contribution in [0.3, 0.4) is 0 Å². The van der Waals surface area contributed by atoms with Crippen LogP contribution in [-0.2, 0) is 0 Å². The van der Waals surface area contributed by atoms with Crippen molar-refractivity contribution in [1.29, 1.82) is 0 Å². The molecule has 1 aromatic heterocycles. The average molecular weight is 206 g/mol. The molecular weight excluding hydrogens is 190 g/mol. The van der Waals surface area contributed by atoms with Crippen LogP contribution in [0, 0.1) is 0 Å². The Morgan fingerprint density at radius 2 is 2.08 bits per heavy atom. The summed E-state index contributed by atoms with van der Waals surface area (Å²) in [6.07, 6.45) is 5.14. The molecule has 4 nitrogen and oxygen atoms in total. The van der Waals surface area contributed by atoms with E-state index >= 15 is 0 Å². The Balaban J connectivity index is 0.00000144. The maximum absolute atomic E-state index is 5.36. The molecule has 0 aliphatic heterocycles. The maximum Gasteiger partial charge on any atom is 0.163 e. The van der Waals surface area contributed by atoms with Gasteiger partial charge >= 0.3 is 0 Å². The van der Waals surface area contributed by atoms with E-state index in [0.717, 1.165) is 11.0 Å². The van der Waals surface area contributed by atoms with Crippen LogP contribution >= 0.6 is 0 Å². The lowest BCUT2D eigenvalue weighted by Crippen LogP contribution is -3.00. The number of aromatic nitrogens is 2. The van der Waals surface area contributed by atoms with Gasteiger partial charge in [0.05, 0.1) is 27.3 Å². The van der Waals surface area contributed by atoms with Crippen LogP contribution in [0.5, 0.6) is 0 Å². The Hall–Kier alpha value is -0.740. The van der Waals surface area contributed by atoms with Crippen molar-refractivity contribution in [2.45, 2.75) is 0 Å². The Kier molecular flexibility index (Phi) is 4.80. The molecule has 0 aromatic carbocycles. The second kappa shape index (κ2) is 5.09. The highest BCUT2D eigenvalue weighted by atomic mass is 35.5. The maximum atomic E-state index is 5.36. The van der Waals surface area contributed by atoms with Crippen molar-refractivity contribution in [3.05, 3.63) is 18.7 Å². The summed E-state index contributed by atoms with van der Waals surface area (Å²) in [5, 5.41) is 0. The quantitative estimate of drug-likeness (QED) is 0.491. The molecule has 0 spiro atoms. The van der Waals surface area contributed by atoms with Crippen molar-refractivity contribution in [2.24, 2.45) is 0 Å². The van der Waals surface area contributed by atoms with Crippen LogP contribution in [0.25, 0.3) is 0 Å². The smallest absolute Gasteiger partial charge is 0.163 e. The van der Waals surface area contributed by atoms with Crippen LogP contribution in [-0.4, -0.2) is 48.5 Å². The fourth-order valence-electron chi connectivity index (χ4n) is 0.743. The molecule has 1 aromatic rings. The highest BCUT2D eigenvalue weighted by molar-refractivity contribution is 4.69. The summed E-state index contributed by atoms with van der Waals surface area (Å²) in [5.74, 6) is 0. The monoisotopic (exact) mass is 205 g/mol. The molecule has 0 fully saturated rings. The van der Waals surface area contributed by atoms with E-state index in [9.17, 15) is 0 Å². The third-order valence-electron chi connectivity index (χ3n) is 1.48. The second-order valence-electron chi connectivity index (χ2n) is 3.77. The Labute approximate surface area is 85.1 Å². The third kappa shape index (κ3) is 5.49. The van der Waals surface area contributed by atoms with Crippen molar-refractivity contribution in [3.63, 3.8) is 0 Å². The number of likely N-dealkylation sites (N-methyl/N-ethyl adjacent to an activating group) is 1. The summed E-state index contributed by atoms with van der Waals surface area (Å²) in [5.41, 5.74) is 0. The largest absolute Gasteiger partial charge is 1.00 e. The molecule has 0 N–H and O–H groups in total. The summed E-state index contributed by atoms with van der Waals surface area (Å²) in [6.45, 7) is 1.69. The first-order valence-corrected chi connectivity index (χ1v) is 4.00. The van der Waals surface area contributed by atoms with Crippen LogP contribution in [0.4, 0.5) is 0 Å². The van der Waals surface area contributed by atoms with E-state index < -0.39 is 0 Å². The van der Waals surface area contributed by atoms with Crippen LogP contribution < -0.4 is 17.2 Å². The lowest BCUT2D eigenvalue weighted by Gasteiger charge is -2.23. The number of quaternary nitrogens is 1. The number of halogens is 1. The zero-order chi connectivity index (χ0) is 9.03. The topological polar surface area (TPSA) is 27.1 Å². The zero-order valence-corrected chi connectivity index (χ0v) is 9.03. The molecule has 0 saturated heterocycles. The summed E-state index contributed by atoms with van der Waals surface area (Å²) >= 11 is 0. The van der Waals surface area contributed by atoms with Gasteiger partial charge in [-0.15, -0.1) is 0 Å².